The lowest BCUT2D eigenvalue weighted by atomic mass is 10.1. The van der Waals surface area contributed by atoms with Crippen LogP contribution >= 0.6 is 11.3 Å². The van der Waals surface area contributed by atoms with Crippen LogP contribution in [0.4, 0.5) is 5.13 Å². The van der Waals surface area contributed by atoms with Crippen molar-refractivity contribution in [1.82, 2.24) is 9.55 Å². The number of carbonyl (C=O) groups is 1. The minimum Gasteiger partial charge on any atom is -0.345 e. The molecule has 0 unspecified atom stereocenters. The molecule has 0 spiro atoms. The average molecular weight is 313 g/mol. The molecular formula is C17H19N3OS. The first-order chi connectivity index (χ1) is 10.6. The summed E-state index contributed by atoms with van der Waals surface area (Å²) in [5.41, 5.74) is 2.45. The number of amides is 1. The van der Waals surface area contributed by atoms with E-state index in [4.69, 9.17) is 0 Å². The second-order valence-electron chi connectivity index (χ2n) is 5.56. The van der Waals surface area contributed by atoms with Crippen LogP contribution < -0.4 is 5.32 Å². The molecule has 114 valence electrons. The molecule has 22 heavy (non-hydrogen) atoms. The van der Waals surface area contributed by atoms with Crippen LogP contribution in [0.15, 0.2) is 42.0 Å². The fourth-order valence-electron chi connectivity index (χ4n) is 2.62. The summed E-state index contributed by atoms with van der Waals surface area (Å²) in [6.45, 7) is 4.34. The quantitative estimate of drug-likeness (QED) is 0.765. The molecule has 1 N–H and O–H groups in total. The largest absolute Gasteiger partial charge is 0.345 e. The highest BCUT2D eigenvalue weighted by molar-refractivity contribution is 7.13. The van der Waals surface area contributed by atoms with Crippen molar-refractivity contribution in [3.8, 4) is 0 Å². The Labute approximate surface area is 133 Å². The number of thiazole rings is 1. The zero-order chi connectivity index (χ0) is 15.5. The summed E-state index contributed by atoms with van der Waals surface area (Å²) < 4.78 is 2.27. The van der Waals surface area contributed by atoms with E-state index in [1.54, 1.807) is 6.20 Å². The van der Waals surface area contributed by atoms with Gasteiger partial charge in [0.1, 0.15) is 0 Å². The van der Waals surface area contributed by atoms with E-state index in [0.29, 0.717) is 17.6 Å². The fraction of sp³-hybridized carbons (Fsp3) is 0.294. The summed E-state index contributed by atoms with van der Waals surface area (Å²) in [5, 5.41) is 6.58. The van der Waals surface area contributed by atoms with E-state index in [2.05, 4.69) is 53.1 Å². The lowest BCUT2D eigenvalue weighted by Crippen LogP contribution is -2.11. The SMILES string of the molecule is CC(C)n1cc(CCC(=O)Nc2nccs2)c2ccccc21. The first-order valence-corrected chi connectivity index (χ1v) is 8.31. The first kappa shape index (κ1) is 14.8. The van der Waals surface area contributed by atoms with Crippen molar-refractivity contribution in [2.45, 2.75) is 32.7 Å². The van der Waals surface area contributed by atoms with Gasteiger partial charge >= 0.3 is 0 Å². The van der Waals surface area contributed by atoms with Gasteiger partial charge < -0.3 is 9.88 Å². The molecule has 0 bridgehead atoms. The molecule has 0 radical (unpaired) electrons. The molecule has 0 atom stereocenters. The van der Waals surface area contributed by atoms with Crippen LogP contribution in [0.25, 0.3) is 10.9 Å². The Morgan fingerprint density at radius 3 is 2.91 bits per heavy atom. The second kappa shape index (κ2) is 6.32. The topological polar surface area (TPSA) is 46.9 Å². The van der Waals surface area contributed by atoms with E-state index < -0.39 is 0 Å². The molecule has 1 aromatic carbocycles. The minimum absolute atomic E-state index is 0.0105. The van der Waals surface area contributed by atoms with Crippen molar-refractivity contribution in [1.29, 1.82) is 0 Å². The maximum absolute atomic E-state index is 12.0. The number of aryl methyl sites for hydroxylation is 1. The van der Waals surface area contributed by atoms with E-state index in [1.807, 2.05) is 11.4 Å². The Balaban J connectivity index is 1.75. The molecule has 2 aromatic heterocycles. The molecule has 0 saturated heterocycles. The lowest BCUT2D eigenvalue weighted by molar-refractivity contribution is -0.116. The predicted molar refractivity (Wildman–Crippen MR) is 91.4 cm³/mol. The van der Waals surface area contributed by atoms with Gasteiger partial charge in [0.15, 0.2) is 5.13 Å². The molecule has 5 heteroatoms. The second-order valence-corrected chi connectivity index (χ2v) is 6.45. The van der Waals surface area contributed by atoms with Gasteiger partial charge in [0.05, 0.1) is 0 Å². The van der Waals surface area contributed by atoms with Crippen molar-refractivity contribution in [2.75, 3.05) is 5.32 Å². The van der Waals surface area contributed by atoms with E-state index in [-0.39, 0.29) is 5.91 Å². The van der Waals surface area contributed by atoms with E-state index in [9.17, 15) is 4.79 Å². The van der Waals surface area contributed by atoms with Crippen LogP contribution in [0.5, 0.6) is 0 Å². The predicted octanol–water partition coefficient (Wildman–Crippen LogP) is 4.25. The maximum Gasteiger partial charge on any atom is 0.226 e. The van der Waals surface area contributed by atoms with Gasteiger partial charge in [-0.1, -0.05) is 18.2 Å². The van der Waals surface area contributed by atoms with Crippen molar-refractivity contribution >= 4 is 33.3 Å². The van der Waals surface area contributed by atoms with Crippen LogP contribution in [0.2, 0.25) is 0 Å². The third kappa shape index (κ3) is 3.04. The molecule has 3 rings (SSSR count). The monoisotopic (exact) mass is 313 g/mol. The highest BCUT2D eigenvalue weighted by atomic mass is 32.1. The Morgan fingerprint density at radius 2 is 2.18 bits per heavy atom. The van der Waals surface area contributed by atoms with Gasteiger partial charge in [-0.25, -0.2) is 4.98 Å². The summed E-state index contributed by atoms with van der Waals surface area (Å²) >= 11 is 1.44. The number of para-hydroxylation sites is 1. The molecule has 1 amide bonds. The molecule has 0 aliphatic rings. The highest BCUT2D eigenvalue weighted by Crippen LogP contribution is 2.25. The molecule has 4 nitrogen and oxygen atoms in total. The van der Waals surface area contributed by atoms with Crippen LogP contribution in [0, 0.1) is 0 Å². The Morgan fingerprint density at radius 1 is 1.36 bits per heavy atom. The maximum atomic E-state index is 12.0. The molecule has 0 aliphatic heterocycles. The lowest BCUT2D eigenvalue weighted by Gasteiger charge is -2.08. The molecule has 2 heterocycles. The van der Waals surface area contributed by atoms with Gasteiger partial charge in [-0.05, 0) is 31.9 Å². The van der Waals surface area contributed by atoms with Crippen LogP contribution in [0.3, 0.4) is 0 Å². The minimum atomic E-state index is 0.0105. The summed E-state index contributed by atoms with van der Waals surface area (Å²) in [6, 6.07) is 8.77. The number of carbonyl (C=O) groups excluding carboxylic acids is 1. The highest BCUT2D eigenvalue weighted by Gasteiger charge is 2.12. The van der Waals surface area contributed by atoms with Crippen molar-refractivity contribution in [3.05, 3.63) is 47.6 Å². The normalized spacial score (nSPS) is 11.2. The molecule has 3 aromatic rings. The van der Waals surface area contributed by atoms with Crippen LogP contribution in [-0.4, -0.2) is 15.5 Å². The molecule has 0 fully saturated rings. The van der Waals surface area contributed by atoms with Gasteiger partial charge in [0.2, 0.25) is 5.91 Å². The first-order valence-electron chi connectivity index (χ1n) is 7.43. The Bertz CT molecular complexity index is 774. The number of aromatic nitrogens is 2. The fourth-order valence-corrected chi connectivity index (χ4v) is 3.16. The van der Waals surface area contributed by atoms with Crippen molar-refractivity contribution in [3.63, 3.8) is 0 Å². The number of nitrogens with one attached hydrogen (secondary N) is 1. The van der Waals surface area contributed by atoms with Crippen molar-refractivity contribution in [2.24, 2.45) is 0 Å². The Kier molecular flexibility index (Phi) is 4.24. The number of hydrogen-bond donors (Lipinski definition) is 1. The number of rotatable bonds is 5. The molecular weight excluding hydrogens is 294 g/mol. The molecule has 0 saturated carbocycles. The standard InChI is InChI=1S/C17H19N3OS/c1-12(2)20-11-13(14-5-3-4-6-15(14)20)7-8-16(21)19-17-18-9-10-22-17/h3-6,9-12H,7-8H2,1-2H3,(H,18,19,21). The van der Waals surface area contributed by atoms with Gasteiger partial charge in [0.25, 0.3) is 0 Å². The number of nitrogens with zero attached hydrogens (tertiary/aromatic N) is 2. The number of anilines is 1. The van der Waals surface area contributed by atoms with Gasteiger partial charge in [-0.15, -0.1) is 11.3 Å². The van der Waals surface area contributed by atoms with Gasteiger partial charge in [-0.3, -0.25) is 4.79 Å². The Hall–Kier alpha value is -2.14. The zero-order valence-corrected chi connectivity index (χ0v) is 13.6. The number of fused-ring (bicyclic) bond motifs is 1. The van der Waals surface area contributed by atoms with E-state index in [0.717, 1.165) is 6.42 Å². The summed E-state index contributed by atoms with van der Waals surface area (Å²) in [6.07, 6.45) is 5.06. The smallest absolute Gasteiger partial charge is 0.226 e. The zero-order valence-electron chi connectivity index (χ0n) is 12.7. The molecule has 0 aliphatic carbocycles. The summed E-state index contributed by atoms with van der Waals surface area (Å²) in [5.74, 6) is 0.0105. The number of benzene rings is 1. The van der Waals surface area contributed by atoms with Gasteiger partial charge in [0, 0.05) is 41.1 Å². The average Bonchev–Trinajstić information content (AvgIpc) is 3.12. The third-order valence-corrected chi connectivity index (χ3v) is 4.37. The summed E-state index contributed by atoms with van der Waals surface area (Å²) in [4.78, 5) is 16.1. The van der Waals surface area contributed by atoms with E-state index >= 15 is 0 Å². The number of hydrogen-bond acceptors (Lipinski definition) is 3. The summed E-state index contributed by atoms with van der Waals surface area (Å²) in [7, 11) is 0. The van der Waals surface area contributed by atoms with Crippen LogP contribution in [0.1, 0.15) is 31.9 Å². The van der Waals surface area contributed by atoms with E-state index in [1.165, 1.54) is 27.8 Å². The third-order valence-electron chi connectivity index (χ3n) is 3.68. The van der Waals surface area contributed by atoms with Crippen LogP contribution in [-0.2, 0) is 11.2 Å². The van der Waals surface area contributed by atoms with Crippen molar-refractivity contribution < 1.29 is 4.79 Å². The van der Waals surface area contributed by atoms with Gasteiger partial charge in [-0.2, -0.15) is 0 Å².